The third-order valence-corrected chi connectivity index (χ3v) is 5.33. The molecule has 0 spiro atoms. The van der Waals surface area contributed by atoms with Gasteiger partial charge in [-0.05, 0) is 55.2 Å². The van der Waals surface area contributed by atoms with Crippen molar-refractivity contribution in [1.82, 2.24) is 0 Å². The second-order valence-corrected chi connectivity index (χ2v) is 8.06. The number of ether oxygens (including phenoxy) is 2. The van der Waals surface area contributed by atoms with E-state index in [0.717, 1.165) is 25.7 Å². The molecule has 25 heavy (non-hydrogen) atoms. The monoisotopic (exact) mass is 345 g/mol. The van der Waals surface area contributed by atoms with Gasteiger partial charge in [0.05, 0.1) is 12.1 Å². The summed E-state index contributed by atoms with van der Waals surface area (Å²) in [6.07, 6.45) is 3.66. The molecule has 136 valence electrons. The predicted octanol–water partition coefficient (Wildman–Crippen LogP) is 4.40. The summed E-state index contributed by atoms with van der Waals surface area (Å²) in [5, 5.41) is 0. The van der Waals surface area contributed by atoms with Crippen molar-refractivity contribution in [3.05, 3.63) is 29.8 Å². The van der Waals surface area contributed by atoms with E-state index in [1.165, 1.54) is 4.90 Å². The fourth-order valence-corrected chi connectivity index (χ4v) is 3.69. The minimum absolute atomic E-state index is 0.00786. The van der Waals surface area contributed by atoms with Crippen molar-refractivity contribution < 1.29 is 19.1 Å². The SMILES string of the molecule is CC(C)(C)C1CCC(OC(=O)c2cccc(N3CCOC3=O)c2)CC1. The molecule has 3 rings (SSSR count). The first kappa shape index (κ1) is 17.8. The Hall–Kier alpha value is -2.04. The maximum atomic E-state index is 12.5. The Labute approximate surface area is 149 Å². The molecule has 1 amide bonds. The predicted molar refractivity (Wildman–Crippen MR) is 95.8 cm³/mol. The molecule has 0 radical (unpaired) electrons. The van der Waals surface area contributed by atoms with Gasteiger partial charge in [0.25, 0.3) is 0 Å². The lowest BCUT2D eigenvalue weighted by Crippen LogP contribution is -2.30. The second-order valence-electron chi connectivity index (χ2n) is 8.06. The lowest BCUT2D eigenvalue weighted by molar-refractivity contribution is 0.00929. The van der Waals surface area contributed by atoms with Crippen LogP contribution in [0.15, 0.2) is 24.3 Å². The molecule has 1 aromatic carbocycles. The molecule has 1 aliphatic heterocycles. The summed E-state index contributed by atoms with van der Waals surface area (Å²) in [5.74, 6) is 0.376. The quantitative estimate of drug-likeness (QED) is 0.762. The van der Waals surface area contributed by atoms with Crippen LogP contribution >= 0.6 is 0 Å². The van der Waals surface area contributed by atoms with E-state index < -0.39 is 0 Å². The zero-order valence-corrected chi connectivity index (χ0v) is 15.3. The zero-order chi connectivity index (χ0) is 18.0. The molecule has 1 aromatic rings. The van der Waals surface area contributed by atoms with Gasteiger partial charge in [-0.2, -0.15) is 0 Å². The zero-order valence-electron chi connectivity index (χ0n) is 15.3. The number of esters is 1. The van der Waals surface area contributed by atoms with Gasteiger partial charge in [-0.1, -0.05) is 26.8 Å². The molecule has 0 N–H and O–H groups in total. The maximum Gasteiger partial charge on any atom is 0.414 e. The average Bonchev–Trinajstić information content (AvgIpc) is 3.01. The summed E-state index contributed by atoms with van der Waals surface area (Å²) in [6.45, 7) is 7.72. The number of carbonyl (C=O) groups is 2. The van der Waals surface area contributed by atoms with Crippen molar-refractivity contribution in [3.63, 3.8) is 0 Å². The van der Waals surface area contributed by atoms with Crippen molar-refractivity contribution >= 4 is 17.7 Å². The molecule has 0 aromatic heterocycles. The normalized spacial score (nSPS) is 24.1. The molecule has 5 heteroatoms. The Morgan fingerprint density at radius 3 is 2.52 bits per heavy atom. The van der Waals surface area contributed by atoms with Gasteiger partial charge in [0.15, 0.2) is 0 Å². The number of hydrogen-bond donors (Lipinski definition) is 0. The van der Waals surface area contributed by atoms with Gasteiger partial charge < -0.3 is 9.47 Å². The number of benzene rings is 1. The van der Waals surface area contributed by atoms with Gasteiger partial charge in [-0.3, -0.25) is 4.90 Å². The van der Waals surface area contributed by atoms with Crippen molar-refractivity contribution in [2.24, 2.45) is 11.3 Å². The first-order valence-electron chi connectivity index (χ1n) is 9.10. The number of anilines is 1. The molecule has 2 aliphatic rings. The highest BCUT2D eigenvalue weighted by Crippen LogP contribution is 2.38. The Morgan fingerprint density at radius 2 is 1.92 bits per heavy atom. The van der Waals surface area contributed by atoms with Crippen LogP contribution < -0.4 is 4.90 Å². The Balaban J connectivity index is 1.60. The van der Waals surface area contributed by atoms with Crippen LogP contribution in [0.2, 0.25) is 0 Å². The van der Waals surface area contributed by atoms with Gasteiger partial charge in [-0.15, -0.1) is 0 Å². The van der Waals surface area contributed by atoms with E-state index in [4.69, 9.17) is 9.47 Å². The van der Waals surface area contributed by atoms with E-state index in [-0.39, 0.29) is 18.2 Å². The van der Waals surface area contributed by atoms with Crippen molar-refractivity contribution in [3.8, 4) is 0 Å². The van der Waals surface area contributed by atoms with Gasteiger partial charge in [0.1, 0.15) is 12.7 Å². The Bertz CT molecular complexity index is 641. The number of carbonyl (C=O) groups excluding carboxylic acids is 2. The molecule has 1 aliphatic carbocycles. The molecule has 1 saturated heterocycles. The minimum atomic E-state index is -0.369. The van der Waals surface area contributed by atoms with Crippen LogP contribution in [0.3, 0.4) is 0 Å². The number of cyclic esters (lactones) is 1. The summed E-state index contributed by atoms with van der Waals surface area (Å²) >= 11 is 0. The van der Waals surface area contributed by atoms with Gasteiger partial charge in [0, 0.05) is 5.69 Å². The first-order chi connectivity index (χ1) is 11.8. The van der Waals surface area contributed by atoms with E-state index in [2.05, 4.69) is 20.8 Å². The second kappa shape index (κ2) is 7.06. The first-order valence-corrected chi connectivity index (χ1v) is 9.10. The summed E-state index contributed by atoms with van der Waals surface area (Å²) in [7, 11) is 0. The largest absolute Gasteiger partial charge is 0.459 e. The van der Waals surface area contributed by atoms with Crippen molar-refractivity contribution in [2.75, 3.05) is 18.1 Å². The third kappa shape index (κ3) is 4.14. The molecule has 0 unspecified atom stereocenters. The van der Waals surface area contributed by atoms with Crippen LogP contribution in [0, 0.1) is 11.3 Å². The number of hydrogen-bond acceptors (Lipinski definition) is 4. The summed E-state index contributed by atoms with van der Waals surface area (Å²) in [4.78, 5) is 25.7. The molecular formula is C20H27NO4. The van der Waals surface area contributed by atoms with E-state index in [1.807, 2.05) is 0 Å². The number of amides is 1. The maximum absolute atomic E-state index is 12.5. The Kier molecular flexibility index (Phi) is 5.02. The molecule has 0 bridgehead atoms. The molecular weight excluding hydrogens is 318 g/mol. The van der Waals surface area contributed by atoms with Crippen LogP contribution in [-0.2, 0) is 9.47 Å². The molecule has 5 nitrogen and oxygen atoms in total. The van der Waals surface area contributed by atoms with E-state index in [9.17, 15) is 9.59 Å². The highest BCUT2D eigenvalue weighted by Gasteiger charge is 2.31. The van der Waals surface area contributed by atoms with Crippen LogP contribution in [0.25, 0.3) is 0 Å². The summed E-state index contributed by atoms with van der Waals surface area (Å²) in [5.41, 5.74) is 1.47. The van der Waals surface area contributed by atoms with Gasteiger partial charge >= 0.3 is 12.1 Å². The number of rotatable bonds is 3. The fourth-order valence-electron chi connectivity index (χ4n) is 3.69. The topological polar surface area (TPSA) is 55.8 Å². The lowest BCUT2D eigenvalue weighted by atomic mass is 9.72. The van der Waals surface area contributed by atoms with E-state index >= 15 is 0 Å². The summed E-state index contributed by atoms with van der Waals surface area (Å²) < 4.78 is 10.7. The smallest absolute Gasteiger partial charge is 0.414 e. The molecule has 0 atom stereocenters. The highest BCUT2D eigenvalue weighted by atomic mass is 16.6. The Morgan fingerprint density at radius 1 is 1.20 bits per heavy atom. The average molecular weight is 345 g/mol. The van der Waals surface area contributed by atoms with Crippen molar-refractivity contribution in [1.29, 1.82) is 0 Å². The van der Waals surface area contributed by atoms with E-state index in [0.29, 0.717) is 35.7 Å². The van der Waals surface area contributed by atoms with Gasteiger partial charge in [0.2, 0.25) is 0 Å². The van der Waals surface area contributed by atoms with E-state index in [1.54, 1.807) is 24.3 Å². The van der Waals surface area contributed by atoms with Gasteiger partial charge in [-0.25, -0.2) is 9.59 Å². The highest BCUT2D eigenvalue weighted by molar-refractivity contribution is 5.94. The number of nitrogens with zero attached hydrogens (tertiary/aromatic N) is 1. The fraction of sp³-hybridized carbons (Fsp3) is 0.600. The third-order valence-electron chi connectivity index (χ3n) is 5.33. The molecule has 1 saturated carbocycles. The van der Waals surface area contributed by atoms with Crippen molar-refractivity contribution in [2.45, 2.75) is 52.6 Å². The van der Waals surface area contributed by atoms with Crippen LogP contribution in [0.4, 0.5) is 10.5 Å². The molecule has 2 fully saturated rings. The lowest BCUT2D eigenvalue weighted by Gasteiger charge is -2.36. The van der Waals surface area contributed by atoms with Crippen LogP contribution in [-0.4, -0.2) is 31.3 Å². The summed E-state index contributed by atoms with van der Waals surface area (Å²) in [6, 6.07) is 7.01. The molecule has 1 heterocycles. The standard InChI is InChI=1S/C20H27NO4/c1-20(2,3)15-7-9-17(10-8-15)25-18(22)14-5-4-6-16(13-14)21-11-12-24-19(21)23/h4-6,13,15,17H,7-12H2,1-3H3. The minimum Gasteiger partial charge on any atom is -0.459 e. The van der Waals surface area contributed by atoms with Crippen LogP contribution in [0.1, 0.15) is 56.8 Å². The van der Waals surface area contributed by atoms with Crippen LogP contribution in [0.5, 0.6) is 0 Å².